The molecule has 0 aliphatic rings. The zero-order valence-electron chi connectivity index (χ0n) is 14.7. The Morgan fingerprint density at radius 3 is 2.46 bits per heavy atom. The van der Waals surface area contributed by atoms with Crippen molar-refractivity contribution < 1.29 is 14.3 Å². The van der Waals surface area contributed by atoms with Crippen molar-refractivity contribution in [1.29, 1.82) is 0 Å². The number of aromatic nitrogens is 3. The Morgan fingerprint density at radius 2 is 1.75 bits per heavy atom. The number of aromatic carboxylic acids is 1. The van der Waals surface area contributed by atoms with E-state index in [-0.39, 0.29) is 11.4 Å². The molecule has 2 aromatic carbocycles. The highest BCUT2D eigenvalue weighted by Gasteiger charge is 2.13. The summed E-state index contributed by atoms with van der Waals surface area (Å²) in [5.74, 6) is -0.560. The van der Waals surface area contributed by atoms with Gasteiger partial charge in [0.25, 0.3) is 0 Å². The normalized spacial score (nSPS) is 11.0. The van der Waals surface area contributed by atoms with E-state index in [1.807, 2.05) is 28.8 Å². The van der Waals surface area contributed by atoms with Gasteiger partial charge in [0.1, 0.15) is 11.3 Å². The van der Waals surface area contributed by atoms with Crippen LogP contribution in [0.2, 0.25) is 0 Å². The number of rotatable bonds is 6. The van der Waals surface area contributed by atoms with Crippen molar-refractivity contribution in [3.05, 3.63) is 89.4 Å². The Bertz CT molecular complexity index is 1120. The standard InChI is InChI=1S/C21H16FN3O2S/c22-17-9-5-14(6-10-17)12-25-19-18(2-1-11-23-19)24-21(25)28-13-15-3-7-16(8-4-15)20(26)27/h1-11H,12-13H2,(H,26,27). The number of imidazole rings is 1. The van der Waals surface area contributed by atoms with Crippen molar-refractivity contribution in [3.8, 4) is 0 Å². The van der Waals surface area contributed by atoms with E-state index < -0.39 is 5.97 Å². The van der Waals surface area contributed by atoms with Crippen LogP contribution in [0.25, 0.3) is 11.2 Å². The average molecular weight is 393 g/mol. The van der Waals surface area contributed by atoms with E-state index in [0.29, 0.717) is 12.3 Å². The van der Waals surface area contributed by atoms with Gasteiger partial charge in [0, 0.05) is 11.9 Å². The number of hydrogen-bond donors (Lipinski definition) is 1. The minimum atomic E-state index is -0.939. The van der Waals surface area contributed by atoms with Gasteiger partial charge in [-0.1, -0.05) is 36.0 Å². The number of halogens is 1. The Morgan fingerprint density at radius 1 is 1.04 bits per heavy atom. The molecule has 2 aromatic heterocycles. The first kappa shape index (κ1) is 18.2. The summed E-state index contributed by atoms with van der Waals surface area (Å²) in [4.78, 5) is 20.1. The molecular formula is C21H16FN3O2S. The van der Waals surface area contributed by atoms with E-state index in [1.54, 1.807) is 42.2 Å². The Kier molecular flexibility index (Phi) is 5.08. The lowest BCUT2D eigenvalue weighted by Gasteiger charge is -2.09. The molecule has 2 heterocycles. The number of benzene rings is 2. The number of thioether (sulfide) groups is 1. The molecule has 0 spiro atoms. The van der Waals surface area contributed by atoms with Crippen LogP contribution in [0.5, 0.6) is 0 Å². The van der Waals surface area contributed by atoms with Crippen molar-refractivity contribution in [2.45, 2.75) is 17.5 Å². The maximum absolute atomic E-state index is 13.2. The molecule has 4 aromatic rings. The molecule has 140 valence electrons. The number of carboxylic acids is 1. The van der Waals surface area contributed by atoms with Gasteiger partial charge < -0.3 is 5.11 Å². The lowest BCUT2D eigenvalue weighted by Crippen LogP contribution is -2.03. The molecule has 0 aliphatic heterocycles. The van der Waals surface area contributed by atoms with Gasteiger partial charge in [-0.2, -0.15) is 0 Å². The fourth-order valence-electron chi connectivity index (χ4n) is 2.85. The van der Waals surface area contributed by atoms with Gasteiger partial charge in [0.05, 0.1) is 12.1 Å². The quantitative estimate of drug-likeness (QED) is 0.485. The third-order valence-corrected chi connectivity index (χ3v) is 5.34. The molecule has 0 fully saturated rings. The predicted molar refractivity (Wildman–Crippen MR) is 106 cm³/mol. The summed E-state index contributed by atoms with van der Waals surface area (Å²) < 4.78 is 15.2. The number of fused-ring (bicyclic) bond motifs is 1. The second kappa shape index (κ2) is 7.82. The summed E-state index contributed by atoms with van der Waals surface area (Å²) in [5.41, 5.74) is 3.80. The minimum Gasteiger partial charge on any atom is -0.478 e. The number of pyridine rings is 1. The SMILES string of the molecule is O=C(O)c1ccc(CSc2nc3cccnc3n2Cc2ccc(F)cc2)cc1. The first-order valence-corrected chi connectivity index (χ1v) is 9.59. The largest absolute Gasteiger partial charge is 0.478 e. The minimum absolute atomic E-state index is 0.265. The molecule has 0 radical (unpaired) electrons. The van der Waals surface area contributed by atoms with Crippen LogP contribution in [0.4, 0.5) is 4.39 Å². The van der Waals surface area contributed by atoms with Crippen LogP contribution >= 0.6 is 11.8 Å². The molecule has 0 atom stereocenters. The third kappa shape index (κ3) is 3.89. The number of nitrogens with zero attached hydrogens (tertiary/aromatic N) is 3. The Labute approximate surface area is 164 Å². The lowest BCUT2D eigenvalue weighted by molar-refractivity contribution is 0.0697. The first-order valence-electron chi connectivity index (χ1n) is 8.61. The summed E-state index contributed by atoms with van der Waals surface area (Å²) in [7, 11) is 0. The van der Waals surface area contributed by atoms with Gasteiger partial charge in [-0.15, -0.1) is 0 Å². The highest BCUT2D eigenvalue weighted by molar-refractivity contribution is 7.98. The van der Waals surface area contributed by atoms with Gasteiger partial charge in [0.2, 0.25) is 0 Å². The average Bonchev–Trinajstić information content (AvgIpc) is 3.06. The van der Waals surface area contributed by atoms with Crippen LogP contribution in [-0.4, -0.2) is 25.6 Å². The molecule has 1 N–H and O–H groups in total. The van der Waals surface area contributed by atoms with Gasteiger partial charge in [-0.05, 0) is 47.5 Å². The monoisotopic (exact) mass is 393 g/mol. The van der Waals surface area contributed by atoms with E-state index in [9.17, 15) is 9.18 Å². The van der Waals surface area contributed by atoms with Crippen molar-refractivity contribution in [1.82, 2.24) is 14.5 Å². The lowest BCUT2D eigenvalue weighted by atomic mass is 10.1. The van der Waals surface area contributed by atoms with Crippen LogP contribution in [0, 0.1) is 5.82 Å². The first-order chi connectivity index (χ1) is 13.6. The molecule has 28 heavy (non-hydrogen) atoms. The molecule has 0 bridgehead atoms. The molecular weight excluding hydrogens is 377 g/mol. The second-order valence-electron chi connectivity index (χ2n) is 6.24. The van der Waals surface area contributed by atoms with Crippen LogP contribution < -0.4 is 0 Å². The molecule has 0 saturated carbocycles. The van der Waals surface area contributed by atoms with E-state index >= 15 is 0 Å². The molecule has 4 rings (SSSR count). The third-order valence-electron chi connectivity index (χ3n) is 4.29. The molecule has 0 saturated heterocycles. The smallest absolute Gasteiger partial charge is 0.335 e. The topological polar surface area (TPSA) is 68.0 Å². The Hall–Kier alpha value is -3.19. The van der Waals surface area contributed by atoms with Crippen LogP contribution in [0.3, 0.4) is 0 Å². The van der Waals surface area contributed by atoms with Gasteiger partial charge in [-0.3, -0.25) is 4.57 Å². The van der Waals surface area contributed by atoms with E-state index in [2.05, 4.69) is 9.97 Å². The maximum Gasteiger partial charge on any atom is 0.335 e. The summed E-state index contributed by atoms with van der Waals surface area (Å²) in [6.45, 7) is 0.536. The summed E-state index contributed by atoms with van der Waals surface area (Å²) in [5, 5.41) is 9.81. The zero-order valence-corrected chi connectivity index (χ0v) is 15.6. The predicted octanol–water partition coefficient (Wildman–Crippen LogP) is 4.61. The second-order valence-corrected chi connectivity index (χ2v) is 7.19. The fourth-order valence-corrected chi connectivity index (χ4v) is 3.81. The summed E-state index contributed by atoms with van der Waals surface area (Å²) >= 11 is 1.55. The van der Waals surface area contributed by atoms with Crippen LogP contribution in [-0.2, 0) is 12.3 Å². The summed E-state index contributed by atoms with van der Waals surface area (Å²) in [6, 6.07) is 17.0. The number of carbonyl (C=O) groups is 1. The fraction of sp³-hybridized carbons (Fsp3) is 0.0952. The zero-order chi connectivity index (χ0) is 19.5. The highest BCUT2D eigenvalue weighted by atomic mass is 32.2. The molecule has 0 amide bonds. The van der Waals surface area contributed by atoms with Crippen LogP contribution in [0.15, 0.2) is 72.0 Å². The van der Waals surface area contributed by atoms with E-state index in [1.165, 1.54) is 12.1 Å². The van der Waals surface area contributed by atoms with Gasteiger partial charge in [0.15, 0.2) is 10.8 Å². The number of carboxylic acid groups (broad SMARTS) is 1. The molecule has 0 aliphatic carbocycles. The van der Waals surface area contributed by atoms with Crippen molar-refractivity contribution in [2.75, 3.05) is 0 Å². The molecule has 5 nitrogen and oxygen atoms in total. The van der Waals surface area contributed by atoms with E-state index in [4.69, 9.17) is 5.11 Å². The van der Waals surface area contributed by atoms with Crippen molar-refractivity contribution >= 4 is 28.9 Å². The van der Waals surface area contributed by atoms with Gasteiger partial charge >= 0.3 is 5.97 Å². The summed E-state index contributed by atoms with van der Waals surface area (Å²) in [6.07, 6.45) is 1.73. The maximum atomic E-state index is 13.2. The highest BCUT2D eigenvalue weighted by Crippen LogP contribution is 2.27. The molecule has 7 heteroatoms. The molecule has 0 unspecified atom stereocenters. The van der Waals surface area contributed by atoms with E-state index in [0.717, 1.165) is 27.4 Å². The van der Waals surface area contributed by atoms with Gasteiger partial charge in [-0.25, -0.2) is 19.2 Å². The van der Waals surface area contributed by atoms with Crippen molar-refractivity contribution in [3.63, 3.8) is 0 Å². The van der Waals surface area contributed by atoms with Crippen molar-refractivity contribution in [2.24, 2.45) is 0 Å². The Balaban J connectivity index is 1.60. The number of hydrogen-bond acceptors (Lipinski definition) is 4. The van der Waals surface area contributed by atoms with Crippen LogP contribution in [0.1, 0.15) is 21.5 Å².